The van der Waals surface area contributed by atoms with E-state index in [1.165, 1.54) is 12.8 Å². The summed E-state index contributed by atoms with van der Waals surface area (Å²) in [5.41, 5.74) is 7.59. The fourth-order valence-electron chi connectivity index (χ4n) is 2.63. The summed E-state index contributed by atoms with van der Waals surface area (Å²) in [6.07, 6.45) is 8.03. The van der Waals surface area contributed by atoms with Crippen LogP contribution in [0.2, 0.25) is 0 Å². The molecule has 18 heavy (non-hydrogen) atoms. The topological polar surface area (TPSA) is 68.0 Å². The van der Waals surface area contributed by atoms with Crippen molar-refractivity contribution in [3.63, 3.8) is 0 Å². The first-order valence-electron chi connectivity index (χ1n) is 6.55. The summed E-state index contributed by atoms with van der Waals surface area (Å²) < 4.78 is 0. The molecule has 0 bridgehead atoms. The van der Waals surface area contributed by atoms with Crippen LogP contribution in [-0.2, 0) is 0 Å². The van der Waals surface area contributed by atoms with E-state index in [-0.39, 0.29) is 11.3 Å². The number of carbonyl (C=O) groups excluding carboxylic acids is 1. The number of hydrogen-bond acceptors (Lipinski definition) is 3. The second-order valence-electron chi connectivity index (χ2n) is 5.34. The van der Waals surface area contributed by atoms with Gasteiger partial charge in [0, 0.05) is 18.9 Å². The number of nitrogens with one attached hydrogen (secondary N) is 1. The van der Waals surface area contributed by atoms with E-state index in [1.54, 1.807) is 12.4 Å². The minimum atomic E-state index is -0.0501. The molecule has 0 saturated heterocycles. The maximum absolute atomic E-state index is 12.0. The van der Waals surface area contributed by atoms with Crippen LogP contribution in [0.4, 0.5) is 0 Å². The van der Waals surface area contributed by atoms with E-state index in [4.69, 9.17) is 5.73 Å². The first-order chi connectivity index (χ1) is 8.65. The molecule has 1 aromatic heterocycles. The summed E-state index contributed by atoms with van der Waals surface area (Å²) in [6, 6.07) is 1.85. The fraction of sp³-hybridized carbons (Fsp3) is 0.571. The smallest absolute Gasteiger partial charge is 0.252 e. The first kappa shape index (κ1) is 13.0. The van der Waals surface area contributed by atoms with Gasteiger partial charge < -0.3 is 11.1 Å². The zero-order chi connectivity index (χ0) is 13.0. The van der Waals surface area contributed by atoms with Crippen LogP contribution in [-0.4, -0.2) is 24.0 Å². The van der Waals surface area contributed by atoms with Gasteiger partial charge in [-0.15, -0.1) is 0 Å². The maximum Gasteiger partial charge on any atom is 0.252 e. The van der Waals surface area contributed by atoms with Crippen LogP contribution < -0.4 is 11.1 Å². The lowest BCUT2D eigenvalue weighted by Gasteiger charge is -2.27. The van der Waals surface area contributed by atoms with Crippen LogP contribution in [0.25, 0.3) is 0 Å². The van der Waals surface area contributed by atoms with Crippen molar-refractivity contribution < 1.29 is 4.79 Å². The highest BCUT2D eigenvalue weighted by Gasteiger charge is 2.32. The molecule has 0 aliphatic heterocycles. The summed E-state index contributed by atoms with van der Waals surface area (Å²) in [6.45, 7) is 3.26. The van der Waals surface area contributed by atoms with E-state index in [0.717, 1.165) is 18.4 Å². The highest BCUT2D eigenvalue weighted by atomic mass is 16.1. The molecule has 98 valence electrons. The van der Waals surface area contributed by atoms with Crippen molar-refractivity contribution in [2.24, 2.45) is 11.1 Å². The molecular formula is C14H21N3O. The number of nitrogens with two attached hydrogens (primary N) is 1. The highest BCUT2D eigenvalue weighted by molar-refractivity contribution is 5.94. The Kier molecular flexibility index (Phi) is 3.97. The number of rotatable bonds is 4. The van der Waals surface area contributed by atoms with Crippen molar-refractivity contribution in [3.8, 4) is 0 Å². The van der Waals surface area contributed by atoms with Crippen LogP contribution in [0, 0.1) is 12.3 Å². The number of pyridine rings is 1. The van der Waals surface area contributed by atoms with Crippen LogP contribution in [0.1, 0.15) is 41.6 Å². The number of nitrogens with zero attached hydrogens (tertiary/aromatic N) is 1. The van der Waals surface area contributed by atoms with Crippen molar-refractivity contribution in [1.29, 1.82) is 0 Å². The van der Waals surface area contributed by atoms with Gasteiger partial charge in [-0.05, 0) is 43.4 Å². The Morgan fingerprint density at radius 3 is 2.78 bits per heavy atom. The predicted octanol–water partition coefficient (Wildman–Crippen LogP) is 1.64. The van der Waals surface area contributed by atoms with Gasteiger partial charge in [0.25, 0.3) is 5.91 Å². The summed E-state index contributed by atoms with van der Waals surface area (Å²) in [5.74, 6) is -0.0501. The Morgan fingerprint density at radius 1 is 1.44 bits per heavy atom. The normalized spacial score (nSPS) is 17.7. The van der Waals surface area contributed by atoms with Crippen LogP contribution in [0.15, 0.2) is 18.5 Å². The SMILES string of the molecule is Cc1cncc(C(=O)NCC2(CN)CCCC2)c1. The van der Waals surface area contributed by atoms with Crippen molar-refractivity contribution >= 4 is 5.91 Å². The van der Waals surface area contributed by atoms with Gasteiger partial charge in [0.15, 0.2) is 0 Å². The third-order valence-electron chi connectivity index (χ3n) is 3.86. The van der Waals surface area contributed by atoms with Crippen molar-refractivity contribution in [2.45, 2.75) is 32.6 Å². The third-order valence-corrected chi connectivity index (χ3v) is 3.86. The summed E-state index contributed by atoms with van der Waals surface area (Å²) in [5, 5.41) is 3.00. The number of carbonyl (C=O) groups is 1. The molecule has 4 heteroatoms. The van der Waals surface area contributed by atoms with Gasteiger partial charge >= 0.3 is 0 Å². The summed E-state index contributed by atoms with van der Waals surface area (Å²) in [4.78, 5) is 16.1. The predicted molar refractivity (Wildman–Crippen MR) is 71.3 cm³/mol. The van der Waals surface area contributed by atoms with Crippen LogP contribution >= 0.6 is 0 Å². The Labute approximate surface area is 108 Å². The van der Waals surface area contributed by atoms with Crippen molar-refractivity contribution in [1.82, 2.24) is 10.3 Å². The molecule has 1 fully saturated rings. The Morgan fingerprint density at radius 2 is 2.17 bits per heavy atom. The Hall–Kier alpha value is -1.42. The van der Waals surface area contributed by atoms with E-state index >= 15 is 0 Å². The molecule has 1 aromatic rings. The fourth-order valence-corrected chi connectivity index (χ4v) is 2.63. The Balaban J connectivity index is 1.96. The van der Waals surface area contributed by atoms with Gasteiger partial charge in [0.2, 0.25) is 0 Å². The van der Waals surface area contributed by atoms with Crippen LogP contribution in [0.5, 0.6) is 0 Å². The molecule has 2 rings (SSSR count). The molecular weight excluding hydrogens is 226 g/mol. The molecule has 1 saturated carbocycles. The zero-order valence-corrected chi connectivity index (χ0v) is 10.9. The van der Waals surface area contributed by atoms with Gasteiger partial charge in [-0.25, -0.2) is 0 Å². The van der Waals surface area contributed by atoms with Gasteiger partial charge in [0.1, 0.15) is 0 Å². The van der Waals surface area contributed by atoms with Gasteiger partial charge in [0.05, 0.1) is 5.56 Å². The number of amides is 1. The molecule has 0 atom stereocenters. The second kappa shape index (κ2) is 5.48. The van der Waals surface area contributed by atoms with Crippen molar-refractivity contribution in [2.75, 3.05) is 13.1 Å². The summed E-state index contributed by atoms with van der Waals surface area (Å²) in [7, 11) is 0. The molecule has 1 amide bonds. The number of hydrogen-bond donors (Lipinski definition) is 2. The average molecular weight is 247 g/mol. The van der Waals surface area contributed by atoms with E-state index in [1.807, 2.05) is 13.0 Å². The lowest BCUT2D eigenvalue weighted by Crippen LogP contribution is -2.40. The van der Waals surface area contributed by atoms with E-state index in [2.05, 4.69) is 10.3 Å². The van der Waals surface area contributed by atoms with Crippen molar-refractivity contribution in [3.05, 3.63) is 29.6 Å². The highest BCUT2D eigenvalue weighted by Crippen LogP contribution is 2.36. The maximum atomic E-state index is 12.0. The van der Waals surface area contributed by atoms with Gasteiger partial charge in [-0.1, -0.05) is 12.8 Å². The molecule has 3 N–H and O–H groups in total. The second-order valence-corrected chi connectivity index (χ2v) is 5.34. The minimum Gasteiger partial charge on any atom is -0.351 e. The molecule has 1 heterocycles. The largest absolute Gasteiger partial charge is 0.351 e. The van der Waals surface area contributed by atoms with Crippen LogP contribution in [0.3, 0.4) is 0 Å². The molecule has 0 spiro atoms. The summed E-state index contributed by atoms with van der Waals surface area (Å²) >= 11 is 0. The monoisotopic (exact) mass is 247 g/mol. The standard InChI is InChI=1S/C14H21N3O/c1-11-6-12(8-16-7-11)13(18)17-10-14(9-15)4-2-3-5-14/h6-8H,2-5,9-10,15H2,1H3,(H,17,18). The number of aromatic nitrogens is 1. The lowest BCUT2D eigenvalue weighted by atomic mass is 9.86. The molecule has 0 radical (unpaired) electrons. The molecule has 1 aliphatic carbocycles. The molecule has 0 unspecified atom stereocenters. The van der Waals surface area contributed by atoms with E-state index in [9.17, 15) is 4.79 Å². The molecule has 0 aromatic carbocycles. The van der Waals surface area contributed by atoms with Gasteiger partial charge in [-0.3, -0.25) is 9.78 Å². The van der Waals surface area contributed by atoms with E-state index in [0.29, 0.717) is 18.7 Å². The minimum absolute atomic E-state index is 0.0501. The molecule has 4 nitrogen and oxygen atoms in total. The van der Waals surface area contributed by atoms with Gasteiger partial charge in [-0.2, -0.15) is 0 Å². The quantitative estimate of drug-likeness (QED) is 0.850. The number of aryl methyl sites for hydroxylation is 1. The molecule has 1 aliphatic rings. The first-order valence-corrected chi connectivity index (χ1v) is 6.55. The lowest BCUT2D eigenvalue weighted by molar-refractivity contribution is 0.0931. The van der Waals surface area contributed by atoms with E-state index < -0.39 is 0 Å². The average Bonchev–Trinajstić information content (AvgIpc) is 2.85. The third kappa shape index (κ3) is 2.88. The Bertz CT molecular complexity index is 425. The zero-order valence-electron chi connectivity index (χ0n) is 10.9.